The van der Waals surface area contributed by atoms with Gasteiger partial charge < -0.3 is 9.80 Å². The second kappa shape index (κ2) is 6.54. The summed E-state index contributed by atoms with van der Waals surface area (Å²) in [4.78, 5) is 3.64. The smallest absolute Gasteiger partial charge is 0.316 e. The van der Waals surface area contributed by atoms with Crippen molar-refractivity contribution in [2.75, 3.05) is 16.3 Å². The van der Waals surface area contributed by atoms with E-state index in [1.54, 1.807) is 11.0 Å². The van der Waals surface area contributed by atoms with Crippen molar-refractivity contribution < 1.29 is 13.2 Å². The number of halogens is 3. The van der Waals surface area contributed by atoms with Gasteiger partial charge in [-0.05, 0) is 63.3 Å². The van der Waals surface area contributed by atoms with Crippen molar-refractivity contribution >= 4 is 28.7 Å². The molecule has 27 heavy (non-hydrogen) atoms. The average Bonchev–Trinajstić information content (AvgIpc) is 2.84. The zero-order valence-electron chi connectivity index (χ0n) is 15.1. The first-order valence-corrected chi connectivity index (χ1v) is 8.75. The van der Waals surface area contributed by atoms with Crippen molar-refractivity contribution in [3.05, 3.63) is 59.2 Å². The molecule has 1 heterocycles. The van der Waals surface area contributed by atoms with Crippen LogP contribution in [0.1, 0.15) is 30.5 Å². The molecule has 0 atom stereocenters. The van der Waals surface area contributed by atoms with Crippen LogP contribution in [0, 0.1) is 18.3 Å². The summed E-state index contributed by atoms with van der Waals surface area (Å²) in [6.45, 7) is 6.41. The summed E-state index contributed by atoms with van der Waals surface area (Å²) < 4.78 is 40.0. The number of hydrogen-bond acceptors (Lipinski definition) is 2. The van der Waals surface area contributed by atoms with Crippen LogP contribution in [0.25, 0.3) is 0 Å². The first-order valence-electron chi connectivity index (χ1n) is 8.34. The molecule has 0 aromatic heterocycles. The summed E-state index contributed by atoms with van der Waals surface area (Å²) in [6.07, 6.45) is -4.60. The molecule has 0 N–H and O–H groups in total. The lowest BCUT2D eigenvalue weighted by Gasteiger charge is -2.31. The fourth-order valence-electron chi connectivity index (χ4n) is 3.29. The van der Waals surface area contributed by atoms with Crippen molar-refractivity contribution in [2.45, 2.75) is 32.5 Å². The summed E-state index contributed by atoms with van der Waals surface area (Å²) in [5.41, 5.74) is 0.582. The van der Waals surface area contributed by atoms with E-state index in [0.717, 1.165) is 17.3 Å². The first kappa shape index (κ1) is 19.2. The Balaban J connectivity index is 2.03. The van der Waals surface area contributed by atoms with Crippen LogP contribution in [-0.2, 0) is 6.18 Å². The van der Waals surface area contributed by atoms with Crippen molar-refractivity contribution in [1.82, 2.24) is 0 Å². The highest BCUT2D eigenvalue weighted by atomic mass is 32.1. The Labute approximate surface area is 161 Å². The second-order valence-corrected chi connectivity index (χ2v) is 7.56. The maximum absolute atomic E-state index is 13.3. The lowest BCUT2D eigenvalue weighted by atomic mass is 10.0. The molecule has 0 amide bonds. The van der Waals surface area contributed by atoms with E-state index in [4.69, 9.17) is 17.5 Å². The van der Waals surface area contributed by atoms with E-state index in [2.05, 4.69) is 0 Å². The molecule has 0 aliphatic carbocycles. The molecular formula is C20H18F3N3S. The lowest BCUT2D eigenvalue weighted by molar-refractivity contribution is -0.137. The Morgan fingerprint density at radius 1 is 1.07 bits per heavy atom. The first-order chi connectivity index (χ1) is 12.5. The minimum Gasteiger partial charge on any atom is -0.316 e. The van der Waals surface area contributed by atoms with Crippen LogP contribution < -0.4 is 9.80 Å². The second-order valence-electron chi connectivity index (χ2n) is 7.19. The van der Waals surface area contributed by atoms with Crippen molar-refractivity contribution in [2.24, 2.45) is 0 Å². The number of hydrogen-bond donors (Lipinski definition) is 0. The highest BCUT2D eigenvalue weighted by Gasteiger charge is 2.43. The third-order valence-electron chi connectivity index (χ3n) is 4.61. The van der Waals surface area contributed by atoms with E-state index in [9.17, 15) is 13.2 Å². The predicted molar refractivity (Wildman–Crippen MR) is 104 cm³/mol. The molecule has 2 aromatic rings. The molecule has 3 rings (SSSR count). The van der Waals surface area contributed by atoms with Crippen LogP contribution in [0.2, 0.25) is 0 Å². The average molecular weight is 389 g/mol. The van der Waals surface area contributed by atoms with Crippen molar-refractivity contribution in [1.29, 1.82) is 5.26 Å². The molecule has 1 saturated heterocycles. The van der Waals surface area contributed by atoms with Gasteiger partial charge >= 0.3 is 6.18 Å². The molecule has 0 radical (unpaired) electrons. The van der Waals surface area contributed by atoms with Gasteiger partial charge in [0.25, 0.3) is 0 Å². The van der Waals surface area contributed by atoms with Gasteiger partial charge in [-0.25, -0.2) is 0 Å². The van der Waals surface area contributed by atoms with E-state index >= 15 is 0 Å². The van der Waals surface area contributed by atoms with E-state index in [-0.39, 0.29) is 0 Å². The Hall–Kier alpha value is -2.59. The molecule has 1 fully saturated rings. The molecule has 1 aliphatic rings. The maximum Gasteiger partial charge on any atom is 0.417 e. The van der Waals surface area contributed by atoms with Crippen LogP contribution >= 0.6 is 12.2 Å². The van der Waals surface area contributed by atoms with E-state index in [1.807, 2.05) is 49.9 Å². The Morgan fingerprint density at radius 3 is 2.22 bits per heavy atom. The van der Waals surface area contributed by atoms with E-state index in [0.29, 0.717) is 17.3 Å². The molecule has 140 valence electrons. The van der Waals surface area contributed by atoms with Gasteiger partial charge in [-0.1, -0.05) is 17.7 Å². The van der Waals surface area contributed by atoms with Crippen LogP contribution in [0.3, 0.4) is 0 Å². The van der Waals surface area contributed by atoms with Gasteiger partial charge in [0.15, 0.2) is 5.11 Å². The minimum atomic E-state index is -4.60. The van der Waals surface area contributed by atoms with E-state index < -0.39 is 22.8 Å². The molecule has 3 nitrogen and oxygen atoms in total. The van der Waals surface area contributed by atoms with Crippen molar-refractivity contribution in [3.8, 4) is 6.07 Å². The van der Waals surface area contributed by atoms with Crippen LogP contribution in [0.15, 0.2) is 42.5 Å². The monoisotopic (exact) mass is 389 g/mol. The number of alkyl halides is 3. The van der Waals surface area contributed by atoms with Gasteiger partial charge in [-0.15, -0.1) is 0 Å². The number of nitriles is 1. The third-order valence-corrected chi connectivity index (χ3v) is 5.01. The fourth-order valence-corrected chi connectivity index (χ4v) is 3.82. The SMILES string of the molecule is Cc1ccc(N2C(=S)N(c3ccc(C#N)c(C(F)(F)F)c3)CC2(C)C)cc1. The summed E-state index contributed by atoms with van der Waals surface area (Å²) in [5.74, 6) is 0. The highest BCUT2D eigenvalue weighted by Crippen LogP contribution is 2.38. The predicted octanol–water partition coefficient (Wildman–Crippen LogP) is 5.28. The third kappa shape index (κ3) is 3.50. The molecular weight excluding hydrogens is 371 g/mol. The number of aryl methyl sites for hydroxylation is 1. The van der Waals surface area contributed by atoms with Gasteiger partial charge in [-0.3, -0.25) is 0 Å². The van der Waals surface area contributed by atoms with E-state index in [1.165, 1.54) is 12.1 Å². The standard InChI is InChI=1S/C20H18F3N3S/c1-13-4-7-15(8-5-13)26-18(27)25(12-19(26,2)3)16-9-6-14(11-24)17(10-16)20(21,22)23/h4-10H,12H2,1-3H3. The maximum atomic E-state index is 13.3. The van der Waals surface area contributed by atoms with Crippen molar-refractivity contribution in [3.63, 3.8) is 0 Å². The molecule has 2 aromatic carbocycles. The van der Waals surface area contributed by atoms with Gasteiger partial charge in [0.1, 0.15) is 0 Å². The minimum absolute atomic E-state index is 0.328. The largest absolute Gasteiger partial charge is 0.417 e. The molecule has 0 saturated carbocycles. The Bertz CT molecular complexity index is 927. The number of anilines is 2. The normalized spacial score (nSPS) is 16.6. The number of thiocarbonyl (C=S) groups is 1. The van der Waals surface area contributed by atoms with Gasteiger partial charge in [0.05, 0.1) is 22.7 Å². The number of nitrogens with zero attached hydrogens (tertiary/aromatic N) is 3. The summed E-state index contributed by atoms with van der Waals surface area (Å²) in [5, 5.41) is 9.42. The summed E-state index contributed by atoms with van der Waals surface area (Å²) >= 11 is 5.61. The molecule has 0 unspecified atom stereocenters. The van der Waals surface area contributed by atoms with Crippen LogP contribution in [0.5, 0.6) is 0 Å². The van der Waals surface area contributed by atoms with Gasteiger partial charge in [0.2, 0.25) is 0 Å². The van der Waals surface area contributed by atoms with Gasteiger partial charge in [-0.2, -0.15) is 18.4 Å². The van der Waals surface area contributed by atoms with Crippen LogP contribution in [-0.4, -0.2) is 17.2 Å². The highest BCUT2D eigenvalue weighted by molar-refractivity contribution is 7.80. The molecule has 0 spiro atoms. The number of rotatable bonds is 2. The summed E-state index contributed by atoms with van der Waals surface area (Å²) in [7, 11) is 0. The molecule has 0 bridgehead atoms. The van der Waals surface area contributed by atoms with Crippen LogP contribution in [0.4, 0.5) is 24.5 Å². The molecule has 7 heteroatoms. The molecule has 1 aliphatic heterocycles. The Kier molecular flexibility index (Phi) is 4.64. The fraction of sp³-hybridized carbons (Fsp3) is 0.300. The number of benzene rings is 2. The van der Waals surface area contributed by atoms with Gasteiger partial charge in [0, 0.05) is 17.9 Å². The Morgan fingerprint density at radius 2 is 1.67 bits per heavy atom. The topological polar surface area (TPSA) is 30.3 Å². The quantitative estimate of drug-likeness (QED) is 0.654. The zero-order chi connectivity index (χ0) is 20.0. The summed E-state index contributed by atoms with van der Waals surface area (Å²) in [6, 6.07) is 13.2. The lowest BCUT2D eigenvalue weighted by Crippen LogP contribution is -2.42. The zero-order valence-corrected chi connectivity index (χ0v) is 15.9.